The van der Waals surface area contributed by atoms with Gasteiger partial charge in [-0.1, -0.05) is 4.98 Å². The molecule has 3 aliphatic heterocycles. The van der Waals surface area contributed by atoms with Crippen LogP contribution in [0.4, 0.5) is 11.8 Å². The third-order valence-corrected chi connectivity index (χ3v) is 16.2. The summed E-state index contributed by atoms with van der Waals surface area (Å²) in [5, 5.41) is 42.6. The van der Waals surface area contributed by atoms with Crippen LogP contribution in [0.15, 0.2) is 45.6 Å². The average molecular weight is 1110 g/mol. The first-order valence-corrected chi connectivity index (χ1v) is 26.2. The Bertz CT molecular complexity index is 3230. The lowest BCUT2D eigenvalue weighted by Crippen LogP contribution is -2.46. The number of hydrogen-bond acceptors (Lipinski definition) is 27. The average Bonchev–Trinajstić information content (AvgIpc) is 4.07. The van der Waals surface area contributed by atoms with Gasteiger partial charge in [-0.15, -0.1) is 0 Å². The lowest BCUT2D eigenvalue weighted by molar-refractivity contribution is -0.745. The van der Waals surface area contributed by atoms with E-state index in [2.05, 4.69) is 38.1 Å². The standard InChI is InChI=1S/C31H42N12O25P4/c1-40-10-43(25-16(40)26(49)39-30(33)38-25)28-20(48)18(46)12(64-28)6-61-70(53,54)67-72(57,58)68-71(55,56)62-7-13-21(22(59-2)29(65-13)42-9-36-15-23(32)34-8-35-24(15)42)66-69(51,52)60-5-11-17(45)19(47)27(63-11)41-4-3-14(44)37-31(41)50/h3-4,8-13,17-22,27-29,45-48H,5-7H2,1-2H3,(H9-,32,33,34,35,37,38,39,44,49,50,51,52,53,54,55,56,57,58)/p+1/t11-,12-,13-,17-,18-,19-,20-,21-,22-,27-,28-,29-/m1/s1. The molecule has 0 saturated carbocycles. The fourth-order valence-electron chi connectivity index (χ4n) is 7.79. The monoisotopic (exact) mass is 1110 g/mol. The van der Waals surface area contributed by atoms with Gasteiger partial charge in [0.05, 0.1) is 33.2 Å². The number of nitrogens with one attached hydrogen (secondary N) is 2. The number of H-pyrrole nitrogens is 2. The van der Waals surface area contributed by atoms with Crippen LogP contribution in [-0.2, 0) is 71.0 Å². The smallest absolute Gasteiger partial charge is 0.387 e. The summed E-state index contributed by atoms with van der Waals surface area (Å²) in [4.78, 5) is 98.6. The fraction of sp³-hybridized carbons (Fsp3) is 0.548. The molecule has 0 spiro atoms. The topological polar surface area (TPSA) is 527 Å². The van der Waals surface area contributed by atoms with Gasteiger partial charge in [0.2, 0.25) is 11.7 Å². The molecule has 5 aromatic heterocycles. The molecule has 396 valence electrons. The molecule has 41 heteroatoms. The Hall–Kier alpha value is -4.62. The number of imidazole rings is 2. The Morgan fingerprint density at radius 2 is 1.36 bits per heavy atom. The van der Waals surface area contributed by atoms with E-state index in [0.29, 0.717) is 0 Å². The number of hydrogen-bond donors (Lipinski definition) is 12. The minimum Gasteiger partial charge on any atom is -0.387 e. The van der Waals surface area contributed by atoms with Crippen molar-refractivity contribution in [1.29, 1.82) is 0 Å². The van der Waals surface area contributed by atoms with Crippen molar-refractivity contribution in [2.75, 3.05) is 38.4 Å². The Balaban J connectivity index is 0.930. The number of aliphatic hydroxyl groups excluding tert-OH is 4. The zero-order chi connectivity index (χ0) is 52.4. The molecule has 4 unspecified atom stereocenters. The quantitative estimate of drug-likeness (QED) is 0.0272. The first-order valence-electron chi connectivity index (χ1n) is 20.3. The third-order valence-electron chi connectivity index (χ3n) is 11.0. The summed E-state index contributed by atoms with van der Waals surface area (Å²) >= 11 is 0. The molecule has 0 aliphatic carbocycles. The van der Waals surface area contributed by atoms with Crippen molar-refractivity contribution >= 4 is 65.4 Å². The van der Waals surface area contributed by atoms with E-state index >= 15 is 0 Å². The minimum absolute atomic E-state index is 0.0000232. The number of aryl methyl sites for hydroxylation is 1. The Labute approximate surface area is 398 Å². The third kappa shape index (κ3) is 11.1. The van der Waals surface area contributed by atoms with Crippen LogP contribution in [0.2, 0.25) is 0 Å². The second-order valence-corrected chi connectivity index (χ2v) is 21.8. The van der Waals surface area contributed by atoms with Crippen molar-refractivity contribution in [1.82, 2.24) is 43.6 Å². The summed E-state index contributed by atoms with van der Waals surface area (Å²) in [6.07, 6.45) is -16.2. The van der Waals surface area contributed by atoms with Crippen LogP contribution < -0.4 is 32.8 Å². The van der Waals surface area contributed by atoms with Crippen molar-refractivity contribution in [3.05, 3.63) is 62.4 Å². The van der Waals surface area contributed by atoms with Gasteiger partial charge >= 0.3 is 42.6 Å². The first kappa shape index (κ1) is 53.7. The molecule has 3 saturated heterocycles. The number of ether oxygens (including phenoxy) is 4. The summed E-state index contributed by atoms with van der Waals surface area (Å²) < 4.78 is 108. The van der Waals surface area contributed by atoms with Crippen molar-refractivity contribution in [3.8, 4) is 0 Å². The number of aliphatic hydroxyl groups is 4. The van der Waals surface area contributed by atoms with E-state index in [0.717, 1.165) is 41.2 Å². The molecule has 37 nitrogen and oxygen atoms in total. The number of methoxy groups -OCH3 is 1. The molecule has 8 heterocycles. The van der Waals surface area contributed by atoms with Crippen LogP contribution >= 0.6 is 31.3 Å². The van der Waals surface area contributed by atoms with Gasteiger partial charge in [-0.2, -0.15) is 8.62 Å². The van der Waals surface area contributed by atoms with E-state index < -0.39 is 142 Å². The number of fused-ring (bicyclic) bond motifs is 2. The van der Waals surface area contributed by atoms with E-state index in [1.54, 1.807) is 0 Å². The van der Waals surface area contributed by atoms with Gasteiger partial charge in [-0.05, 0) is 0 Å². The van der Waals surface area contributed by atoms with Gasteiger partial charge in [-0.25, -0.2) is 42.6 Å². The zero-order valence-electron chi connectivity index (χ0n) is 36.5. The number of phosphoric ester groups is 3. The van der Waals surface area contributed by atoms with E-state index in [1.165, 1.54) is 22.5 Å². The van der Waals surface area contributed by atoms with Gasteiger partial charge in [0.25, 0.3) is 17.1 Å². The highest BCUT2D eigenvalue weighted by Gasteiger charge is 2.54. The number of nitrogens with two attached hydrogens (primary N) is 2. The molecule has 0 amide bonds. The highest BCUT2D eigenvalue weighted by molar-refractivity contribution is 7.66. The van der Waals surface area contributed by atoms with Gasteiger partial charge in [0.1, 0.15) is 66.8 Å². The molecule has 0 aromatic carbocycles. The van der Waals surface area contributed by atoms with E-state index in [4.69, 9.17) is 44.0 Å². The highest BCUT2D eigenvalue weighted by atomic mass is 31.3. The van der Waals surface area contributed by atoms with Crippen LogP contribution in [0, 0.1) is 0 Å². The van der Waals surface area contributed by atoms with Crippen molar-refractivity contribution in [2.24, 2.45) is 7.05 Å². The van der Waals surface area contributed by atoms with Crippen LogP contribution in [0.1, 0.15) is 18.7 Å². The molecule has 3 aliphatic rings. The zero-order valence-corrected chi connectivity index (χ0v) is 40.1. The number of aromatic amines is 2. The Kier molecular flexibility index (Phi) is 15.1. The Morgan fingerprint density at radius 3 is 2.01 bits per heavy atom. The fourth-order valence-corrected chi connectivity index (χ4v) is 12.3. The van der Waals surface area contributed by atoms with E-state index in [1.807, 2.05) is 4.98 Å². The number of nitrogen functional groups attached to an aromatic ring is 2. The molecular weight excluding hydrogens is 1060 g/mol. The van der Waals surface area contributed by atoms with Crippen LogP contribution in [0.3, 0.4) is 0 Å². The first-order chi connectivity index (χ1) is 33.7. The molecule has 3 fully saturated rings. The van der Waals surface area contributed by atoms with Gasteiger partial charge in [-0.3, -0.25) is 51.4 Å². The summed E-state index contributed by atoms with van der Waals surface area (Å²) in [5.74, 6) is -0.406. The summed E-state index contributed by atoms with van der Waals surface area (Å²) in [5.41, 5.74) is 8.98. The highest BCUT2D eigenvalue weighted by Crippen LogP contribution is 2.68. The number of nitrogens with zero attached hydrogens (tertiary/aromatic N) is 8. The number of anilines is 2. The summed E-state index contributed by atoms with van der Waals surface area (Å²) in [6.45, 7) is -3.44. The lowest BCUT2D eigenvalue weighted by atomic mass is 10.1. The molecule has 16 atom stereocenters. The molecule has 5 aromatic rings. The normalized spacial score (nSPS) is 31.1. The van der Waals surface area contributed by atoms with E-state index in [9.17, 15) is 72.6 Å². The summed E-state index contributed by atoms with van der Waals surface area (Å²) in [6, 6.07) is 0.920. The maximum absolute atomic E-state index is 13.5. The SMILES string of the molecule is CO[C@@H]1[C@H](OP(=O)(O)OC[C@H]2O[C@@H](n3ccc(=O)[nH]c3=O)[C@H](O)[C@@H]2O)[C@@H](COP(=O)(O)OP(=O)(O)OP(=O)(O)OC[C@H]2O[C@@H]([n+]3cn(C)c4c(=O)[nH]c(N)nc43)[C@H](O)[C@@H]2O)O[C@H]1n1cnc2c(N)ncnc21. The van der Waals surface area contributed by atoms with Crippen LogP contribution in [0.25, 0.3) is 22.3 Å². The molecule has 72 heavy (non-hydrogen) atoms. The maximum atomic E-state index is 13.5. The van der Waals surface area contributed by atoms with Crippen molar-refractivity contribution in [2.45, 2.75) is 73.6 Å². The predicted molar refractivity (Wildman–Crippen MR) is 228 cm³/mol. The summed E-state index contributed by atoms with van der Waals surface area (Å²) in [7, 11) is -20.9. The van der Waals surface area contributed by atoms with Crippen molar-refractivity contribution < 1.29 is 108 Å². The van der Waals surface area contributed by atoms with Crippen molar-refractivity contribution in [3.63, 3.8) is 0 Å². The molecule has 8 rings (SSSR count). The number of rotatable bonds is 19. The minimum atomic E-state index is -6.20. The molecular formula is C31H43N12O25P4+. The van der Waals surface area contributed by atoms with E-state index in [-0.39, 0.29) is 34.1 Å². The Morgan fingerprint density at radius 1 is 0.750 bits per heavy atom. The van der Waals surface area contributed by atoms with Crippen LogP contribution in [0.5, 0.6) is 0 Å². The van der Waals surface area contributed by atoms with Gasteiger partial charge in [0.15, 0.2) is 30.2 Å². The second kappa shape index (κ2) is 20.2. The molecule has 0 bridgehead atoms. The van der Waals surface area contributed by atoms with Gasteiger partial charge < -0.3 is 70.4 Å². The number of phosphoric acid groups is 4. The lowest BCUT2D eigenvalue weighted by Gasteiger charge is -2.26. The molecule has 0 radical (unpaired) electrons. The van der Waals surface area contributed by atoms with Crippen LogP contribution in [-0.4, -0.2) is 165 Å². The predicted octanol–water partition coefficient (Wildman–Crippen LogP) is -4.88. The maximum Gasteiger partial charge on any atom is 0.490 e. The number of aromatic nitrogens is 10. The van der Waals surface area contributed by atoms with Gasteiger partial charge in [0, 0.05) is 19.4 Å². The largest absolute Gasteiger partial charge is 0.490 e. The second-order valence-electron chi connectivity index (χ2n) is 15.7. The molecule has 14 N–H and O–H groups in total.